The Kier molecular flexibility index (Phi) is 5.49. The first-order valence-corrected chi connectivity index (χ1v) is 5.81. The average molecular weight is 236 g/mol. The largest absolute Gasteiger partial charge is 0.492 e. The summed E-state index contributed by atoms with van der Waals surface area (Å²) in [6.07, 6.45) is 1.16. The maximum Gasteiger partial charge on any atom is 0.223 e. The highest BCUT2D eigenvalue weighted by atomic mass is 16.5. The van der Waals surface area contributed by atoms with E-state index in [4.69, 9.17) is 10.5 Å². The molecular weight excluding hydrogens is 216 g/mol. The van der Waals surface area contributed by atoms with Gasteiger partial charge in [-0.2, -0.15) is 0 Å². The topological polar surface area (TPSA) is 64.3 Å². The molecule has 0 spiro atoms. The number of nitrogens with two attached hydrogens (primary N) is 1. The molecule has 0 saturated carbocycles. The number of benzene rings is 1. The summed E-state index contributed by atoms with van der Waals surface area (Å²) < 4.78 is 5.68. The molecule has 4 nitrogen and oxygen atoms in total. The lowest BCUT2D eigenvalue weighted by molar-refractivity contribution is -0.121. The fourth-order valence-corrected chi connectivity index (χ4v) is 1.64. The monoisotopic (exact) mass is 236 g/mol. The molecule has 0 aliphatic heterocycles. The predicted molar refractivity (Wildman–Crippen MR) is 68.1 cm³/mol. The molecule has 3 N–H and O–H groups in total. The normalized spacial score (nSPS) is 10.1. The van der Waals surface area contributed by atoms with E-state index in [1.165, 1.54) is 0 Å². The molecule has 94 valence electrons. The molecule has 0 heterocycles. The Labute approximate surface area is 102 Å². The first kappa shape index (κ1) is 13.5. The Bertz CT molecular complexity index is 378. The molecule has 0 radical (unpaired) electrons. The Morgan fingerprint density at radius 3 is 2.88 bits per heavy atom. The van der Waals surface area contributed by atoms with E-state index < -0.39 is 0 Å². The number of hydrogen-bond acceptors (Lipinski definition) is 3. The third kappa shape index (κ3) is 4.07. The van der Waals surface area contributed by atoms with Crippen LogP contribution in [0.4, 0.5) is 0 Å². The molecule has 1 amide bonds. The smallest absolute Gasteiger partial charge is 0.223 e. The van der Waals surface area contributed by atoms with Gasteiger partial charge in [0.05, 0.1) is 13.0 Å². The van der Waals surface area contributed by atoms with Crippen molar-refractivity contribution in [2.24, 2.45) is 5.73 Å². The number of aryl methyl sites for hydroxylation is 1. The molecule has 0 aromatic heterocycles. The van der Waals surface area contributed by atoms with E-state index >= 15 is 0 Å². The number of ether oxygens (including phenoxy) is 1. The Morgan fingerprint density at radius 1 is 1.47 bits per heavy atom. The molecule has 4 heteroatoms. The van der Waals surface area contributed by atoms with Crippen LogP contribution >= 0.6 is 0 Å². The van der Waals surface area contributed by atoms with Crippen molar-refractivity contribution in [2.75, 3.05) is 20.2 Å². The van der Waals surface area contributed by atoms with Gasteiger partial charge in [0.2, 0.25) is 5.91 Å². The van der Waals surface area contributed by atoms with E-state index in [-0.39, 0.29) is 5.91 Å². The zero-order valence-electron chi connectivity index (χ0n) is 10.5. The van der Waals surface area contributed by atoms with Crippen LogP contribution in [0, 0.1) is 6.92 Å². The van der Waals surface area contributed by atoms with E-state index in [2.05, 4.69) is 5.32 Å². The summed E-state index contributed by atoms with van der Waals surface area (Å²) in [5, 5.41) is 2.57. The van der Waals surface area contributed by atoms with Crippen LogP contribution in [0.3, 0.4) is 0 Å². The lowest BCUT2D eigenvalue weighted by Gasteiger charge is -2.13. The zero-order valence-corrected chi connectivity index (χ0v) is 10.5. The van der Waals surface area contributed by atoms with Crippen molar-refractivity contribution in [1.82, 2.24) is 5.32 Å². The number of rotatable bonds is 6. The minimum absolute atomic E-state index is 0.0149. The highest BCUT2D eigenvalue weighted by molar-refractivity contribution is 5.75. The fraction of sp³-hybridized carbons (Fsp3) is 0.462. The van der Waals surface area contributed by atoms with Crippen LogP contribution < -0.4 is 15.8 Å². The van der Waals surface area contributed by atoms with Crippen molar-refractivity contribution in [3.05, 3.63) is 29.3 Å². The summed E-state index contributed by atoms with van der Waals surface area (Å²) in [4.78, 5) is 11.1. The number of hydrogen-bond donors (Lipinski definition) is 2. The van der Waals surface area contributed by atoms with Gasteiger partial charge in [0.1, 0.15) is 5.75 Å². The van der Waals surface area contributed by atoms with Gasteiger partial charge in [0.15, 0.2) is 0 Å². The summed E-state index contributed by atoms with van der Waals surface area (Å²) in [6.45, 7) is 2.98. The van der Waals surface area contributed by atoms with Crippen LogP contribution in [0.25, 0.3) is 0 Å². The van der Waals surface area contributed by atoms with Crippen LogP contribution in [-0.4, -0.2) is 26.1 Å². The van der Waals surface area contributed by atoms with E-state index in [1.54, 1.807) is 7.05 Å². The molecular formula is C13H20N2O2. The predicted octanol–water partition coefficient (Wildman–Crippen LogP) is 1.01. The van der Waals surface area contributed by atoms with Crippen LogP contribution in [0.2, 0.25) is 0 Å². The minimum atomic E-state index is -0.0149. The molecule has 0 unspecified atom stereocenters. The first-order chi connectivity index (χ1) is 8.19. The molecule has 0 atom stereocenters. The van der Waals surface area contributed by atoms with Crippen molar-refractivity contribution in [2.45, 2.75) is 19.8 Å². The molecule has 17 heavy (non-hydrogen) atoms. The highest BCUT2D eigenvalue weighted by Crippen LogP contribution is 2.23. The summed E-state index contributed by atoms with van der Waals surface area (Å²) >= 11 is 0. The number of para-hydroxylation sites is 1. The van der Waals surface area contributed by atoms with E-state index in [0.29, 0.717) is 19.6 Å². The molecule has 0 bridgehead atoms. The van der Waals surface area contributed by atoms with Gasteiger partial charge in [-0.15, -0.1) is 0 Å². The molecule has 0 aliphatic carbocycles. The quantitative estimate of drug-likeness (QED) is 0.775. The van der Waals surface area contributed by atoms with E-state index in [1.807, 2.05) is 25.1 Å². The zero-order chi connectivity index (χ0) is 12.7. The van der Waals surface area contributed by atoms with E-state index in [9.17, 15) is 4.79 Å². The van der Waals surface area contributed by atoms with Gasteiger partial charge in [-0.25, -0.2) is 0 Å². The number of carbonyl (C=O) groups excluding carboxylic acids is 1. The Hall–Kier alpha value is -1.55. The molecule has 1 aromatic rings. The van der Waals surface area contributed by atoms with Crippen molar-refractivity contribution in [1.29, 1.82) is 0 Å². The van der Waals surface area contributed by atoms with Gasteiger partial charge >= 0.3 is 0 Å². The fourth-order valence-electron chi connectivity index (χ4n) is 1.64. The van der Waals surface area contributed by atoms with Gasteiger partial charge in [0, 0.05) is 7.05 Å². The maximum atomic E-state index is 11.1. The van der Waals surface area contributed by atoms with Crippen LogP contribution in [0.1, 0.15) is 17.5 Å². The highest BCUT2D eigenvalue weighted by Gasteiger charge is 2.07. The average Bonchev–Trinajstić information content (AvgIpc) is 2.32. The van der Waals surface area contributed by atoms with Crippen LogP contribution in [-0.2, 0) is 11.2 Å². The third-order valence-electron chi connectivity index (χ3n) is 2.56. The Balaban J connectivity index is 2.65. The summed E-state index contributed by atoms with van der Waals surface area (Å²) in [7, 11) is 1.62. The van der Waals surface area contributed by atoms with Gasteiger partial charge in [0.25, 0.3) is 0 Å². The molecule has 0 fully saturated rings. The minimum Gasteiger partial charge on any atom is -0.492 e. The Morgan fingerprint density at radius 2 is 2.24 bits per heavy atom. The van der Waals surface area contributed by atoms with Gasteiger partial charge < -0.3 is 15.8 Å². The molecule has 0 saturated heterocycles. The summed E-state index contributed by atoms with van der Waals surface area (Å²) in [6, 6.07) is 6.00. The van der Waals surface area contributed by atoms with Gasteiger partial charge in [-0.3, -0.25) is 4.79 Å². The van der Waals surface area contributed by atoms with Crippen molar-refractivity contribution >= 4 is 5.91 Å². The maximum absolute atomic E-state index is 11.1. The summed E-state index contributed by atoms with van der Waals surface area (Å²) in [5.74, 6) is 0.848. The number of amides is 1. The SMILES string of the molecule is CNC(=O)CCOc1c(C)cccc1CCN. The second-order valence-corrected chi connectivity index (χ2v) is 3.87. The van der Waals surface area contributed by atoms with Crippen molar-refractivity contribution in [3.8, 4) is 5.75 Å². The van der Waals surface area contributed by atoms with Gasteiger partial charge in [-0.1, -0.05) is 18.2 Å². The molecule has 1 rings (SSSR count). The van der Waals surface area contributed by atoms with Crippen LogP contribution in [0.5, 0.6) is 5.75 Å². The number of nitrogens with one attached hydrogen (secondary N) is 1. The molecule has 0 aliphatic rings. The second kappa shape index (κ2) is 6.91. The van der Waals surface area contributed by atoms with Gasteiger partial charge in [-0.05, 0) is 31.0 Å². The number of carbonyl (C=O) groups is 1. The lowest BCUT2D eigenvalue weighted by atomic mass is 10.1. The van der Waals surface area contributed by atoms with Crippen LogP contribution in [0.15, 0.2) is 18.2 Å². The summed E-state index contributed by atoms with van der Waals surface area (Å²) in [5.41, 5.74) is 7.74. The third-order valence-corrected chi connectivity index (χ3v) is 2.56. The van der Waals surface area contributed by atoms with Crippen molar-refractivity contribution < 1.29 is 9.53 Å². The molecule has 1 aromatic carbocycles. The van der Waals surface area contributed by atoms with E-state index in [0.717, 1.165) is 23.3 Å². The van der Waals surface area contributed by atoms with Crippen molar-refractivity contribution in [3.63, 3.8) is 0 Å². The lowest BCUT2D eigenvalue weighted by Crippen LogP contribution is -2.20. The first-order valence-electron chi connectivity index (χ1n) is 5.81. The second-order valence-electron chi connectivity index (χ2n) is 3.87. The standard InChI is InChI=1S/C13H20N2O2/c1-10-4-3-5-11(6-8-14)13(10)17-9-7-12(16)15-2/h3-5H,6-9,14H2,1-2H3,(H,15,16).